The van der Waals surface area contributed by atoms with E-state index < -0.39 is 0 Å². The lowest BCUT2D eigenvalue weighted by Gasteiger charge is -2.01. The minimum absolute atomic E-state index is 0.0945. The third-order valence-electron chi connectivity index (χ3n) is 1.34. The first kappa shape index (κ1) is 9.24. The number of aliphatic hydroxyl groups excluding tert-OH is 1. The van der Waals surface area contributed by atoms with Crippen LogP contribution in [0.15, 0.2) is 24.5 Å². The Kier molecular flexibility index (Phi) is 4.67. The summed E-state index contributed by atoms with van der Waals surface area (Å²) in [6.07, 6.45) is 2.76. The predicted molar refractivity (Wildman–Crippen MR) is 43.8 cm³/mol. The van der Waals surface area contributed by atoms with Crippen molar-refractivity contribution in [3.8, 4) is 0 Å². The molecule has 0 amide bonds. The van der Waals surface area contributed by atoms with E-state index in [0.717, 1.165) is 19.3 Å². The van der Waals surface area contributed by atoms with Crippen molar-refractivity contribution in [2.24, 2.45) is 5.73 Å². The molecule has 0 heterocycles. The molecule has 0 aromatic carbocycles. The van der Waals surface area contributed by atoms with E-state index in [-0.39, 0.29) is 5.76 Å². The molecular formula is C8H15NO. The maximum atomic E-state index is 8.79. The van der Waals surface area contributed by atoms with E-state index in [4.69, 9.17) is 10.8 Å². The lowest BCUT2D eigenvalue weighted by Crippen LogP contribution is -1.98. The van der Waals surface area contributed by atoms with E-state index in [2.05, 4.69) is 13.2 Å². The zero-order chi connectivity index (χ0) is 7.98. The molecule has 0 aliphatic rings. The van der Waals surface area contributed by atoms with Gasteiger partial charge in [-0.2, -0.15) is 0 Å². The summed E-state index contributed by atoms with van der Waals surface area (Å²) < 4.78 is 0. The van der Waals surface area contributed by atoms with Crippen molar-refractivity contribution in [3.05, 3.63) is 24.5 Å². The Balaban J connectivity index is 3.31. The Morgan fingerprint density at radius 2 is 1.90 bits per heavy atom. The fourth-order valence-corrected chi connectivity index (χ4v) is 0.627. The van der Waals surface area contributed by atoms with Gasteiger partial charge in [0.2, 0.25) is 0 Å². The summed E-state index contributed by atoms with van der Waals surface area (Å²) in [4.78, 5) is 0. The van der Waals surface area contributed by atoms with Gasteiger partial charge in [0.1, 0.15) is 5.76 Å². The Hall–Kier alpha value is -0.760. The SMILES string of the molecule is C=C(O)C(=C)CCCCN. The first-order valence-corrected chi connectivity index (χ1v) is 3.44. The molecule has 0 spiro atoms. The van der Waals surface area contributed by atoms with Gasteiger partial charge in [-0.15, -0.1) is 0 Å². The van der Waals surface area contributed by atoms with Crippen LogP contribution < -0.4 is 5.73 Å². The summed E-state index contributed by atoms with van der Waals surface area (Å²) in [5.41, 5.74) is 5.99. The number of rotatable bonds is 5. The number of unbranched alkanes of at least 4 members (excludes halogenated alkanes) is 1. The molecule has 0 bridgehead atoms. The second kappa shape index (κ2) is 5.06. The van der Waals surface area contributed by atoms with Crippen molar-refractivity contribution < 1.29 is 5.11 Å². The van der Waals surface area contributed by atoms with Crippen LogP contribution in [0, 0.1) is 0 Å². The first-order valence-electron chi connectivity index (χ1n) is 3.44. The minimum atomic E-state index is 0.0945. The lowest BCUT2D eigenvalue weighted by molar-refractivity contribution is 0.421. The van der Waals surface area contributed by atoms with E-state index in [1.807, 2.05) is 0 Å². The standard InChI is InChI=1S/C8H15NO/c1-7(8(2)10)5-3-4-6-9/h10H,1-6,9H2. The highest BCUT2D eigenvalue weighted by Crippen LogP contribution is 2.09. The predicted octanol–water partition coefficient (Wildman–Crippen LogP) is 1.74. The molecule has 0 unspecified atom stereocenters. The number of nitrogens with two attached hydrogens (primary N) is 1. The molecule has 2 nitrogen and oxygen atoms in total. The Morgan fingerprint density at radius 3 is 2.30 bits per heavy atom. The molecule has 10 heavy (non-hydrogen) atoms. The third kappa shape index (κ3) is 4.15. The molecule has 0 rings (SSSR count). The van der Waals surface area contributed by atoms with Crippen LogP contribution in [0.4, 0.5) is 0 Å². The van der Waals surface area contributed by atoms with Gasteiger partial charge in [-0.05, 0) is 31.4 Å². The monoisotopic (exact) mass is 141 g/mol. The molecule has 0 saturated heterocycles. The maximum absolute atomic E-state index is 8.79. The molecule has 3 N–H and O–H groups in total. The molecule has 0 radical (unpaired) electrons. The van der Waals surface area contributed by atoms with E-state index in [0.29, 0.717) is 12.1 Å². The number of aliphatic hydroxyl groups is 1. The maximum Gasteiger partial charge on any atom is 0.111 e. The number of hydrogen-bond acceptors (Lipinski definition) is 2. The average Bonchev–Trinajstić information content (AvgIpc) is 1.88. The first-order chi connectivity index (χ1) is 4.68. The third-order valence-corrected chi connectivity index (χ3v) is 1.34. The molecule has 0 atom stereocenters. The Bertz CT molecular complexity index is 129. The fourth-order valence-electron chi connectivity index (χ4n) is 0.627. The van der Waals surface area contributed by atoms with Gasteiger partial charge in [0.15, 0.2) is 0 Å². The van der Waals surface area contributed by atoms with Gasteiger partial charge >= 0.3 is 0 Å². The summed E-state index contributed by atoms with van der Waals surface area (Å²) in [5.74, 6) is 0.0945. The largest absolute Gasteiger partial charge is 0.508 e. The van der Waals surface area contributed by atoms with Gasteiger partial charge in [-0.1, -0.05) is 13.2 Å². The smallest absolute Gasteiger partial charge is 0.111 e. The molecule has 0 saturated carbocycles. The molecule has 2 heteroatoms. The normalized spacial score (nSPS) is 9.30. The molecule has 0 aliphatic carbocycles. The highest BCUT2D eigenvalue weighted by atomic mass is 16.3. The lowest BCUT2D eigenvalue weighted by atomic mass is 10.1. The van der Waals surface area contributed by atoms with Gasteiger partial charge in [0.05, 0.1) is 0 Å². The Morgan fingerprint density at radius 1 is 1.30 bits per heavy atom. The fraction of sp³-hybridized carbons (Fsp3) is 0.500. The second-order valence-corrected chi connectivity index (χ2v) is 2.30. The van der Waals surface area contributed by atoms with Crippen LogP contribution in [0.1, 0.15) is 19.3 Å². The van der Waals surface area contributed by atoms with Crippen LogP contribution in [0.5, 0.6) is 0 Å². The van der Waals surface area contributed by atoms with Crippen LogP contribution in [-0.4, -0.2) is 11.7 Å². The van der Waals surface area contributed by atoms with E-state index in [1.54, 1.807) is 0 Å². The summed E-state index contributed by atoms with van der Waals surface area (Å²) in [6, 6.07) is 0. The minimum Gasteiger partial charge on any atom is -0.508 e. The van der Waals surface area contributed by atoms with Crippen LogP contribution in [0.3, 0.4) is 0 Å². The molecule has 58 valence electrons. The summed E-state index contributed by atoms with van der Waals surface area (Å²) >= 11 is 0. The van der Waals surface area contributed by atoms with Crippen LogP contribution in [0.2, 0.25) is 0 Å². The van der Waals surface area contributed by atoms with Crippen molar-refractivity contribution >= 4 is 0 Å². The van der Waals surface area contributed by atoms with E-state index in [9.17, 15) is 0 Å². The number of allylic oxidation sites excluding steroid dienone is 1. The highest BCUT2D eigenvalue weighted by molar-refractivity contribution is 5.17. The molecular weight excluding hydrogens is 126 g/mol. The van der Waals surface area contributed by atoms with Gasteiger partial charge in [-0.25, -0.2) is 0 Å². The van der Waals surface area contributed by atoms with Crippen LogP contribution in [-0.2, 0) is 0 Å². The second-order valence-electron chi connectivity index (χ2n) is 2.30. The summed E-state index contributed by atoms with van der Waals surface area (Å²) in [6.45, 7) is 7.69. The molecule has 0 aliphatic heterocycles. The van der Waals surface area contributed by atoms with E-state index >= 15 is 0 Å². The van der Waals surface area contributed by atoms with Crippen LogP contribution in [0.25, 0.3) is 0 Å². The average molecular weight is 141 g/mol. The molecule has 0 fully saturated rings. The van der Waals surface area contributed by atoms with Crippen LogP contribution >= 0.6 is 0 Å². The van der Waals surface area contributed by atoms with Gasteiger partial charge in [0.25, 0.3) is 0 Å². The van der Waals surface area contributed by atoms with Gasteiger partial charge in [-0.3, -0.25) is 0 Å². The van der Waals surface area contributed by atoms with Crippen molar-refractivity contribution in [1.82, 2.24) is 0 Å². The van der Waals surface area contributed by atoms with Gasteiger partial charge in [0, 0.05) is 0 Å². The zero-order valence-corrected chi connectivity index (χ0v) is 6.27. The summed E-state index contributed by atoms with van der Waals surface area (Å²) in [5, 5.41) is 8.79. The van der Waals surface area contributed by atoms with E-state index in [1.165, 1.54) is 0 Å². The zero-order valence-electron chi connectivity index (χ0n) is 6.27. The molecule has 0 aromatic rings. The highest BCUT2D eigenvalue weighted by Gasteiger charge is 1.95. The van der Waals surface area contributed by atoms with Crippen molar-refractivity contribution in [2.75, 3.05) is 6.54 Å². The topological polar surface area (TPSA) is 46.2 Å². The molecule has 0 aromatic heterocycles. The Labute approximate surface area is 62.0 Å². The number of hydrogen-bond donors (Lipinski definition) is 2. The quantitative estimate of drug-likeness (QED) is 0.348. The van der Waals surface area contributed by atoms with Crippen molar-refractivity contribution in [2.45, 2.75) is 19.3 Å². The van der Waals surface area contributed by atoms with Gasteiger partial charge < -0.3 is 10.8 Å². The van der Waals surface area contributed by atoms with Crippen molar-refractivity contribution in [3.63, 3.8) is 0 Å². The summed E-state index contributed by atoms with van der Waals surface area (Å²) in [7, 11) is 0. The van der Waals surface area contributed by atoms with Crippen molar-refractivity contribution in [1.29, 1.82) is 0 Å².